The molecule has 0 saturated heterocycles. The highest BCUT2D eigenvalue weighted by atomic mass is 32.2. The Morgan fingerprint density at radius 1 is 1.42 bits per heavy atom. The van der Waals surface area contributed by atoms with Gasteiger partial charge in [0, 0.05) is 18.7 Å². The molecule has 0 bridgehead atoms. The average molecular weight is 287 g/mol. The third-order valence-electron chi connectivity index (χ3n) is 3.91. The van der Waals surface area contributed by atoms with Gasteiger partial charge in [-0.3, -0.25) is 0 Å². The molecule has 1 aliphatic carbocycles. The Bertz CT molecular complexity index is 520. The highest BCUT2D eigenvalue weighted by Crippen LogP contribution is 2.28. The van der Waals surface area contributed by atoms with Gasteiger partial charge < -0.3 is 10.3 Å². The van der Waals surface area contributed by atoms with Crippen LogP contribution in [0.15, 0.2) is 4.52 Å². The molecular formula is C12H21N3O3S. The zero-order chi connectivity index (χ0) is 14.0. The first-order valence-corrected chi connectivity index (χ1v) is 8.60. The van der Waals surface area contributed by atoms with Crippen molar-refractivity contribution in [1.82, 2.24) is 10.1 Å². The average Bonchev–Trinajstić information content (AvgIpc) is 2.97. The van der Waals surface area contributed by atoms with Crippen molar-refractivity contribution in [2.45, 2.75) is 50.3 Å². The van der Waals surface area contributed by atoms with Crippen molar-refractivity contribution in [3.05, 3.63) is 11.7 Å². The van der Waals surface area contributed by atoms with Gasteiger partial charge in [-0.15, -0.1) is 0 Å². The van der Waals surface area contributed by atoms with Crippen molar-refractivity contribution in [2.24, 2.45) is 11.7 Å². The minimum Gasteiger partial charge on any atom is -0.339 e. The number of nitrogens with zero attached hydrogens (tertiary/aromatic N) is 2. The summed E-state index contributed by atoms with van der Waals surface area (Å²) in [6, 6.07) is 0.0179. The van der Waals surface area contributed by atoms with Crippen LogP contribution < -0.4 is 5.73 Å². The first-order valence-electron chi connectivity index (χ1n) is 6.65. The Labute approximate surface area is 113 Å². The van der Waals surface area contributed by atoms with E-state index >= 15 is 0 Å². The van der Waals surface area contributed by atoms with Crippen LogP contribution in [0.3, 0.4) is 0 Å². The molecule has 0 aromatic carbocycles. The largest absolute Gasteiger partial charge is 0.339 e. The standard InChI is InChI=1S/C12H21N3O3S/c1-8(19(2,16)17)12-14-11(18-15-12)7-10(13)9-5-3-4-6-9/h8-10H,3-7,13H2,1-2H3. The van der Waals surface area contributed by atoms with Crippen molar-refractivity contribution >= 4 is 9.84 Å². The van der Waals surface area contributed by atoms with Gasteiger partial charge in [0.15, 0.2) is 15.7 Å². The van der Waals surface area contributed by atoms with E-state index in [1.165, 1.54) is 12.8 Å². The van der Waals surface area contributed by atoms with E-state index in [2.05, 4.69) is 10.1 Å². The molecule has 108 valence electrons. The second-order valence-electron chi connectivity index (χ2n) is 5.43. The fraction of sp³-hybridized carbons (Fsp3) is 0.833. The quantitative estimate of drug-likeness (QED) is 0.874. The zero-order valence-corrected chi connectivity index (χ0v) is 12.2. The number of hydrogen-bond acceptors (Lipinski definition) is 6. The Kier molecular flexibility index (Phi) is 4.25. The highest BCUT2D eigenvalue weighted by Gasteiger charge is 2.26. The molecule has 1 saturated carbocycles. The first kappa shape index (κ1) is 14.5. The van der Waals surface area contributed by atoms with E-state index in [-0.39, 0.29) is 11.9 Å². The van der Waals surface area contributed by atoms with Crippen LogP contribution >= 0.6 is 0 Å². The van der Waals surface area contributed by atoms with Crippen LogP contribution in [0.4, 0.5) is 0 Å². The fourth-order valence-corrected chi connectivity index (χ4v) is 2.94. The Hall–Kier alpha value is -0.950. The SMILES string of the molecule is CC(c1noc(CC(N)C2CCCC2)n1)S(C)(=O)=O. The van der Waals surface area contributed by atoms with Crippen LogP contribution in [0.1, 0.15) is 49.6 Å². The molecule has 19 heavy (non-hydrogen) atoms. The van der Waals surface area contributed by atoms with Gasteiger partial charge in [0.2, 0.25) is 5.89 Å². The monoisotopic (exact) mass is 287 g/mol. The minimum atomic E-state index is -3.20. The fourth-order valence-electron chi connectivity index (χ4n) is 2.46. The van der Waals surface area contributed by atoms with Crippen LogP contribution in [-0.2, 0) is 16.3 Å². The molecule has 2 rings (SSSR count). The molecule has 0 spiro atoms. The normalized spacial score (nSPS) is 20.6. The topological polar surface area (TPSA) is 99.1 Å². The molecule has 2 unspecified atom stereocenters. The van der Waals surface area contributed by atoms with E-state index in [1.807, 2.05) is 0 Å². The number of aromatic nitrogens is 2. The maximum atomic E-state index is 11.4. The predicted octanol–water partition coefficient (Wildman–Crippen LogP) is 1.24. The van der Waals surface area contributed by atoms with E-state index in [0.717, 1.165) is 19.1 Å². The Morgan fingerprint density at radius 2 is 2.05 bits per heavy atom. The Balaban J connectivity index is 2.01. The maximum absolute atomic E-state index is 11.4. The lowest BCUT2D eigenvalue weighted by molar-refractivity contribution is 0.338. The van der Waals surface area contributed by atoms with Gasteiger partial charge in [0.25, 0.3) is 0 Å². The smallest absolute Gasteiger partial charge is 0.228 e. The number of rotatable bonds is 5. The molecule has 0 radical (unpaired) electrons. The molecule has 2 atom stereocenters. The third-order valence-corrected chi connectivity index (χ3v) is 5.40. The molecule has 0 aliphatic heterocycles. The maximum Gasteiger partial charge on any atom is 0.228 e. The summed E-state index contributed by atoms with van der Waals surface area (Å²) in [5.41, 5.74) is 6.14. The summed E-state index contributed by atoms with van der Waals surface area (Å²) in [6.07, 6.45) is 6.47. The van der Waals surface area contributed by atoms with Crippen molar-refractivity contribution in [1.29, 1.82) is 0 Å². The van der Waals surface area contributed by atoms with Crippen LogP contribution in [-0.4, -0.2) is 30.9 Å². The molecule has 1 aliphatic rings. The summed E-state index contributed by atoms with van der Waals surface area (Å²) in [7, 11) is -3.20. The van der Waals surface area contributed by atoms with E-state index < -0.39 is 15.1 Å². The van der Waals surface area contributed by atoms with Gasteiger partial charge in [-0.25, -0.2) is 8.42 Å². The van der Waals surface area contributed by atoms with Gasteiger partial charge in [0.1, 0.15) is 5.25 Å². The van der Waals surface area contributed by atoms with E-state index in [0.29, 0.717) is 18.2 Å². The summed E-state index contributed by atoms with van der Waals surface area (Å²) in [6.45, 7) is 1.56. The summed E-state index contributed by atoms with van der Waals surface area (Å²) in [5, 5.41) is 3.00. The summed E-state index contributed by atoms with van der Waals surface area (Å²) in [5.74, 6) is 1.17. The van der Waals surface area contributed by atoms with Crippen molar-refractivity contribution < 1.29 is 12.9 Å². The second kappa shape index (κ2) is 5.58. The lowest BCUT2D eigenvalue weighted by atomic mass is 9.96. The van der Waals surface area contributed by atoms with E-state index in [4.69, 9.17) is 10.3 Å². The number of nitrogens with two attached hydrogens (primary N) is 1. The van der Waals surface area contributed by atoms with Gasteiger partial charge in [-0.05, 0) is 25.7 Å². The molecule has 1 heterocycles. The van der Waals surface area contributed by atoms with Crippen LogP contribution in [0.2, 0.25) is 0 Å². The van der Waals surface area contributed by atoms with Gasteiger partial charge in [0.05, 0.1) is 0 Å². The summed E-state index contributed by atoms with van der Waals surface area (Å²) < 4.78 is 28.0. The second-order valence-corrected chi connectivity index (χ2v) is 7.80. The highest BCUT2D eigenvalue weighted by molar-refractivity contribution is 7.90. The van der Waals surface area contributed by atoms with Gasteiger partial charge >= 0.3 is 0 Å². The van der Waals surface area contributed by atoms with Crippen LogP contribution in [0.5, 0.6) is 0 Å². The van der Waals surface area contributed by atoms with Crippen LogP contribution in [0.25, 0.3) is 0 Å². The lowest BCUT2D eigenvalue weighted by Gasteiger charge is -2.16. The van der Waals surface area contributed by atoms with Crippen molar-refractivity contribution in [3.8, 4) is 0 Å². The molecule has 2 N–H and O–H groups in total. The molecule has 1 fully saturated rings. The number of hydrogen-bond donors (Lipinski definition) is 1. The lowest BCUT2D eigenvalue weighted by Crippen LogP contribution is -2.30. The van der Waals surface area contributed by atoms with Crippen LogP contribution in [0, 0.1) is 5.92 Å². The molecule has 0 amide bonds. The minimum absolute atomic E-state index is 0.0179. The van der Waals surface area contributed by atoms with E-state index in [1.54, 1.807) is 6.92 Å². The van der Waals surface area contributed by atoms with Crippen molar-refractivity contribution in [3.63, 3.8) is 0 Å². The molecule has 6 nitrogen and oxygen atoms in total. The summed E-state index contributed by atoms with van der Waals surface area (Å²) in [4.78, 5) is 4.15. The molecule has 7 heteroatoms. The number of sulfone groups is 1. The zero-order valence-electron chi connectivity index (χ0n) is 11.4. The van der Waals surface area contributed by atoms with Crippen molar-refractivity contribution in [2.75, 3.05) is 6.26 Å². The molecular weight excluding hydrogens is 266 g/mol. The summed E-state index contributed by atoms with van der Waals surface area (Å²) >= 11 is 0. The van der Waals surface area contributed by atoms with Gasteiger partial charge in [-0.1, -0.05) is 18.0 Å². The Morgan fingerprint density at radius 3 is 2.63 bits per heavy atom. The van der Waals surface area contributed by atoms with Gasteiger partial charge in [-0.2, -0.15) is 4.98 Å². The third kappa shape index (κ3) is 3.54. The first-order chi connectivity index (χ1) is 8.88. The predicted molar refractivity (Wildman–Crippen MR) is 71.2 cm³/mol. The van der Waals surface area contributed by atoms with E-state index in [9.17, 15) is 8.42 Å². The molecule has 1 aromatic heterocycles. The molecule has 1 aromatic rings.